The Labute approximate surface area is 168 Å². The molecule has 4 atom stereocenters. The van der Waals surface area contributed by atoms with Gasteiger partial charge < -0.3 is 24.4 Å². The Balaban J connectivity index is 1.39. The van der Waals surface area contributed by atoms with Gasteiger partial charge in [0.1, 0.15) is 30.7 Å². The maximum absolute atomic E-state index is 13.5. The summed E-state index contributed by atoms with van der Waals surface area (Å²) in [5.74, 6) is -0.0127. The molecule has 1 N–H and O–H groups in total. The van der Waals surface area contributed by atoms with E-state index >= 15 is 0 Å². The molecule has 1 aromatic heterocycles. The van der Waals surface area contributed by atoms with E-state index in [1.54, 1.807) is 38.5 Å². The third-order valence-corrected chi connectivity index (χ3v) is 5.02. The number of carbonyl (C=O) groups is 1. The lowest BCUT2D eigenvalue weighted by atomic mass is 10.1. The van der Waals surface area contributed by atoms with Crippen LogP contribution in [-0.4, -0.2) is 79.0 Å². The van der Waals surface area contributed by atoms with Crippen molar-refractivity contribution >= 4 is 11.9 Å². The maximum atomic E-state index is 13.5. The lowest BCUT2D eigenvalue weighted by Crippen LogP contribution is -2.38. The Morgan fingerprint density at radius 3 is 2.90 bits per heavy atom. The number of rotatable bonds is 6. The second-order valence-electron chi connectivity index (χ2n) is 7.26. The Bertz CT molecular complexity index is 881. The summed E-state index contributed by atoms with van der Waals surface area (Å²) in [4.78, 5) is 21.9. The quantitative estimate of drug-likeness (QED) is 0.780. The first-order chi connectivity index (χ1) is 14.0. The predicted octanol–water partition coefficient (Wildman–Crippen LogP) is 1.33. The molecule has 8 nitrogen and oxygen atoms in total. The van der Waals surface area contributed by atoms with Crippen LogP contribution in [0.5, 0.6) is 0 Å². The van der Waals surface area contributed by atoms with Crippen LogP contribution in [-0.2, 0) is 19.0 Å². The van der Waals surface area contributed by atoms with Crippen LogP contribution in [0, 0.1) is 5.82 Å². The number of nitrogens with zero attached hydrogens (tertiary/aromatic N) is 3. The first kappa shape index (κ1) is 19.7. The average molecular weight is 402 g/mol. The standard InChI is InChI=1S/C20H23FN4O4/c1-25(2)17(26)11-27-16-10-29-18-15(9-28-19(16)18)24-20-22-7-6-14(23-20)12-4-3-5-13(21)8-12/h3-8,15-16,18-19H,9-11H2,1-2H3,(H,22,23,24). The molecule has 0 radical (unpaired) electrons. The average Bonchev–Trinajstić information content (AvgIpc) is 3.29. The number of fused-ring (bicyclic) bond motifs is 1. The zero-order valence-corrected chi connectivity index (χ0v) is 16.2. The summed E-state index contributed by atoms with van der Waals surface area (Å²) in [7, 11) is 3.37. The molecule has 2 saturated heterocycles. The molecule has 154 valence electrons. The van der Waals surface area contributed by atoms with Gasteiger partial charge in [0.2, 0.25) is 11.9 Å². The third kappa shape index (κ3) is 4.36. The number of hydrogen-bond acceptors (Lipinski definition) is 7. The lowest BCUT2D eigenvalue weighted by Gasteiger charge is -2.18. The van der Waals surface area contributed by atoms with Crippen LogP contribution in [0.25, 0.3) is 11.3 Å². The van der Waals surface area contributed by atoms with Crippen molar-refractivity contribution in [1.29, 1.82) is 0 Å². The van der Waals surface area contributed by atoms with Gasteiger partial charge in [-0.2, -0.15) is 0 Å². The van der Waals surface area contributed by atoms with Gasteiger partial charge in [0, 0.05) is 25.9 Å². The fraction of sp³-hybridized carbons (Fsp3) is 0.450. The first-order valence-electron chi connectivity index (χ1n) is 9.42. The van der Waals surface area contributed by atoms with Crippen LogP contribution in [0.1, 0.15) is 0 Å². The Hall–Kier alpha value is -2.62. The second-order valence-corrected chi connectivity index (χ2v) is 7.26. The minimum absolute atomic E-state index is 0.00943. The van der Waals surface area contributed by atoms with E-state index in [1.165, 1.54) is 17.0 Å². The minimum atomic E-state index is -0.319. The zero-order valence-electron chi connectivity index (χ0n) is 16.2. The first-order valence-corrected chi connectivity index (χ1v) is 9.42. The van der Waals surface area contributed by atoms with E-state index in [-0.39, 0.29) is 42.7 Å². The van der Waals surface area contributed by atoms with E-state index in [1.807, 2.05) is 0 Å². The van der Waals surface area contributed by atoms with E-state index in [9.17, 15) is 9.18 Å². The summed E-state index contributed by atoms with van der Waals surface area (Å²) in [6.45, 7) is 0.757. The van der Waals surface area contributed by atoms with Crippen LogP contribution in [0.2, 0.25) is 0 Å². The second kappa shape index (κ2) is 8.40. The van der Waals surface area contributed by atoms with Gasteiger partial charge in [-0.15, -0.1) is 0 Å². The number of carbonyl (C=O) groups excluding carboxylic acids is 1. The minimum Gasteiger partial charge on any atom is -0.370 e. The number of nitrogens with one attached hydrogen (secondary N) is 1. The molecule has 1 amide bonds. The maximum Gasteiger partial charge on any atom is 0.248 e. The molecule has 2 aliphatic rings. The van der Waals surface area contributed by atoms with Gasteiger partial charge in [-0.3, -0.25) is 4.79 Å². The highest BCUT2D eigenvalue weighted by Crippen LogP contribution is 2.30. The lowest BCUT2D eigenvalue weighted by molar-refractivity contribution is -0.137. The van der Waals surface area contributed by atoms with Gasteiger partial charge in [-0.25, -0.2) is 14.4 Å². The highest BCUT2D eigenvalue weighted by atomic mass is 19.1. The Morgan fingerprint density at radius 1 is 1.28 bits per heavy atom. The van der Waals surface area contributed by atoms with E-state index in [0.29, 0.717) is 30.4 Å². The van der Waals surface area contributed by atoms with Crippen molar-refractivity contribution < 1.29 is 23.4 Å². The molecule has 2 aliphatic heterocycles. The van der Waals surface area contributed by atoms with Crippen molar-refractivity contribution in [2.24, 2.45) is 0 Å². The molecule has 0 bridgehead atoms. The SMILES string of the molecule is CN(C)C(=O)COC1COC2C(Nc3nccc(-c4cccc(F)c4)n3)COC12. The molecule has 2 aromatic rings. The zero-order chi connectivity index (χ0) is 20.4. The molecule has 0 aliphatic carbocycles. The molecule has 3 heterocycles. The molecular formula is C20H23FN4O4. The smallest absolute Gasteiger partial charge is 0.248 e. The van der Waals surface area contributed by atoms with Gasteiger partial charge in [-0.05, 0) is 18.2 Å². The van der Waals surface area contributed by atoms with Gasteiger partial charge in [-0.1, -0.05) is 12.1 Å². The van der Waals surface area contributed by atoms with Gasteiger partial charge in [0.05, 0.1) is 24.9 Å². The molecule has 4 rings (SSSR count). The number of hydrogen-bond donors (Lipinski definition) is 1. The van der Waals surface area contributed by atoms with Crippen molar-refractivity contribution in [3.63, 3.8) is 0 Å². The summed E-state index contributed by atoms with van der Waals surface area (Å²) >= 11 is 0. The molecule has 29 heavy (non-hydrogen) atoms. The van der Waals surface area contributed by atoms with Gasteiger partial charge >= 0.3 is 0 Å². The fourth-order valence-corrected chi connectivity index (χ4v) is 3.44. The predicted molar refractivity (Wildman–Crippen MR) is 103 cm³/mol. The van der Waals surface area contributed by atoms with Gasteiger partial charge in [0.15, 0.2) is 0 Å². The number of halogens is 1. The van der Waals surface area contributed by atoms with Crippen molar-refractivity contribution in [3.8, 4) is 11.3 Å². The Morgan fingerprint density at radius 2 is 2.10 bits per heavy atom. The van der Waals surface area contributed by atoms with Crippen LogP contribution in [0.3, 0.4) is 0 Å². The van der Waals surface area contributed by atoms with Crippen LogP contribution < -0.4 is 5.32 Å². The molecule has 1 aromatic carbocycles. The molecule has 0 spiro atoms. The number of benzene rings is 1. The van der Waals surface area contributed by atoms with Crippen LogP contribution >= 0.6 is 0 Å². The molecule has 4 unspecified atom stereocenters. The van der Waals surface area contributed by atoms with E-state index < -0.39 is 0 Å². The molecule has 9 heteroatoms. The van der Waals surface area contributed by atoms with Crippen molar-refractivity contribution in [2.75, 3.05) is 39.2 Å². The molecular weight excluding hydrogens is 379 g/mol. The van der Waals surface area contributed by atoms with E-state index in [4.69, 9.17) is 14.2 Å². The summed E-state index contributed by atoms with van der Waals surface area (Å²) in [5, 5.41) is 3.24. The normalized spacial score (nSPS) is 25.6. The highest BCUT2D eigenvalue weighted by Gasteiger charge is 2.48. The van der Waals surface area contributed by atoms with Crippen molar-refractivity contribution in [2.45, 2.75) is 24.4 Å². The summed E-state index contributed by atoms with van der Waals surface area (Å²) < 4.78 is 30.9. The number of amides is 1. The molecule has 2 fully saturated rings. The highest BCUT2D eigenvalue weighted by molar-refractivity contribution is 5.76. The topological polar surface area (TPSA) is 85.8 Å². The summed E-state index contributed by atoms with van der Waals surface area (Å²) in [6, 6.07) is 7.83. The van der Waals surface area contributed by atoms with Crippen LogP contribution in [0.4, 0.5) is 10.3 Å². The third-order valence-electron chi connectivity index (χ3n) is 5.02. The molecule has 0 saturated carbocycles. The van der Waals surface area contributed by atoms with Crippen molar-refractivity contribution in [1.82, 2.24) is 14.9 Å². The summed E-state index contributed by atoms with van der Waals surface area (Å²) in [5.41, 5.74) is 1.29. The number of likely N-dealkylation sites (N-methyl/N-ethyl adjacent to an activating group) is 1. The van der Waals surface area contributed by atoms with Crippen molar-refractivity contribution in [3.05, 3.63) is 42.3 Å². The number of anilines is 1. The number of aromatic nitrogens is 2. The van der Waals surface area contributed by atoms with Crippen LogP contribution in [0.15, 0.2) is 36.5 Å². The number of ether oxygens (including phenoxy) is 3. The Kier molecular flexibility index (Phi) is 5.70. The monoisotopic (exact) mass is 402 g/mol. The van der Waals surface area contributed by atoms with Gasteiger partial charge in [0.25, 0.3) is 0 Å². The largest absolute Gasteiger partial charge is 0.370 e. The van der Waals surface area contributed by atoms with E-state index in [2.05, 4.69) is 15.3 Å². The fourth-order valence-electron chi connectivity index (χ4n) is 3.44. The van der Waals surface area contributed by atoms with E-state index in [0.717, 1.165) is 0 Å². The summed E-state index contributed by atoms with van der Waals surface area (Å²) in [6.07, 6.45) is 0.844.